The maximum absolute atomic E-state index is 12.0. The molecule has 2 aromatic rings. The normalized spacial score (nSPS) is 15.4. The Bertz CT molecular complexity index is 799. The van der Waals surface area contributed by atoms with Gasteiger partial charge in [-0.25, -0.2) is 10.2 Å². The first-order chi connectivity index (χ1) is 13.1. The molecule has 6 heteroatoms. The van der Waals surface area contributed by atoms with E-state index >= 15 is 0 Å². The standard InChI is InChI=1S/C21H26N4O2/c1-16(23-24-21(27)22-19-8-4-2-5-9-19)17-10-11-20(26)18(14-17)15-25-12-6-3-7-13-25/h2,4-5,8-11,14,26H,3,6-7,12-13,15H2,1H3,(H2,22,24,27)/b23-16+. The molecule has 1 fully saturated rings. The number of likely N-dealkylation sites (tertiary alicyclic amines) is 1. The Morgan fingerprint density at radius 1 is 1.11 bits per heavy atom. The zero-order chi connectivity index (χ0) is 19.1. The van der Waals surface area contributed by atoms with Gasteiger partial charge in [0.1, 0.15) is 5.75 Å². The van der Waals surface area contributed by atoms with Gasteiger partial charge < -0.3 is 10.4 Å². The SMILES string of the molecule is C/C(=N\NC(=O)Nc1ccccc1)c1ccc(O)c(CN2CCCCC2)c1. The van der Waals surface area contributed by atoms with Crippen LogP contribution in [0.4, 0.5) is 10.5 Å². The van der Waals surface area contributed by atoms with Gasteiger partial charge in [-0.15, -0.1) is 0 Å². The van der Waals surface area contributed by atoms with Crippen molar-refractivity contribution in [2.24, 2.45) is 5.10 Å². The van der Waals surface area contributed by atoms with Crippen LogP contribution in [-0.4, -0.2) is 34.8 Å². The monoisotopic (exact) mass is 366 g/mol. The molecule has 1 heterocycles. The number of piperidine rings is 1. The number of aromatic hydroxyl groups is 1. The number of nitrogens with zero attached hydrogens (tertiary/aromatic N) is 2. The van der Waals surface area contributed by atoms with E-state index in [0.717, 1.165) is 30.8 Å². The molecule has 0 atom stereocenters. The van der Waals surface area contributed by atoms with Crippen LogP contribution < -0.4 is 10.7 Å². The van der Waals surface area contributed by atoms with E-state index in [1.807, 2.05) is 49.4 Å². The fourth-order valence-corrected chi connectivity index (χ4v) is 3.18. The minimum absolute atomic E-state index is 0.298. The maximum atomic E-state index is 12.0. The van der Waals surface area contributed by atoms with Crippen LogP contribution in [0.25, 0.3) is 0 Å². The zero-order valence-corrected chi connectivity index (χ0v) is 15.6. The second-order valence-electron chi connectivity index (χ2n) is 6.81. The third-order valence-corrected chi connectivity index (χ3v) is 4.70. The number of phenols is 1. The number of anilines is 1. The summed E-state index contributed by atoms with van der Waals surface area (Å²) in [4.78, 5) is 14.3. The van der Waals surface area contributed by atoms with Gasteiger partial charge in [0.05, 0.1) is 5.71 Å². The van der Waals surface area contributed by atoms with Crippen molar-refractivity contribution in [3.63, 3.8) is 0 Å². The van der Waals surface area contributed by atoms with Crippen LogP contribution in [0.15, 0.2) is 53.6 Å². The summed E-state index contributed by atoms with van der Waals surface area (Å²) in [5.41, 5.74) is 5.66. The van der Waals surface area contributed by atoms with Crippen molar-refractivity contribution in [1.29, 1.82) is 0 Å². The summed E-state index contributed by atoms with van der Waals surface area (Å²) in [6, 6.07) is 14.3. The number of benzene rings is 2. The Kier molecular flexibility index (Phi) is 6.44. The highest BCUT2D eigenvalue weighted by Gasteiger charge is 2.13. The van der Waals surface area contributed by atoms with Crippen LogP contribution >= 0.6 is 0 Å². The lowest BCUT2D eigenvalue weighted by Gasteiger charge is -2.26. The van der Waals surface area contributed by atoms with E-state index < -0.39 is 6.03 Å². The van der Waals surface area contributed by atoms with Gasteiger partial charge >= 0.3 is 6.03 Å². The second kappa shape index (κ2) is 9.19. The number of rotatable bonds is 5. The number of hydrazone groups is 1. The first-order valence-corrected chi connectivity index (χ1v) is 9.33. The molecule has 1 aliphatic heterocycles. The van der Waals surface area contributed by atoms with Gasteiger partial charge in [0.25, 0.3) is 0 Å². The Morgan fingerprint density at radius 3 is 2.59 bits per heavy atom. The molecule has 27 heavy (non-hydrogen) atoms. The molecule has 0 aliphatic carbocycles. The van der Waals surface area contributed by atoms with Crippen molar-refractivity contribution in [3.05, 3.63) is 59.7 Å². The highest BCUT2D eigenvalue weighted by molar-refractivity contribution is 6.00. The first kappa shape index (κ1) is 18.9. The van der Waals surface area contributed by atoms with Crippen LogP contribution in [0.5, 0.6) is 5.75 Å². The minimum Gasteiger partial charge on any atom is -0.508 e. The van der Waals surface area contributed by atoms with E-state index in [9.17, 15) is 9.90 Å². The van der Waals surface area contributed by atoms with Gasteiger partial charge in [0.2, 0.25) is 0 Å². The Morgan fingerprint density at radius 2 is 1.85 bits per heavy atom. The molecule has 1 aliphatic rings. The van der Waals surface area contributed by atoms with Crippen LogP contribution in [0.2, 0.25) is 0 Å². The van der Waals surface area contributed by atoms with Gasteiger partial charge in [0, 0.05) is 17.8 Å². The first-order valence-electron chi connectivity index (χ1n) is 9.33. The topological polar surface area (TPSA) is 77.0 Å². The van der Waals surface area contributed by atoms with Crippen molar-refractivity contribution < 1.29 is 9.90 Å². The van der Waals surface area contributed by atoms with Gasteiger partial charge in [-0.3, -0.25) is 4.90 Å². The molecular formula is C21H26N4O2. The molecule has 2 amide bonds. The van der Waals surface area contributed by atoms with E-state index in [1.54, 1.807) is 6.07 Å². The highest BCUT2D eigenvalue weighted by Crippen LogP contribution is 2.22. The summed E-state index contributed by atoms with van der Waals surface area (Å²) in [7, 11) is 0. The summed E-state index contributed by atoms with van der Waals surface area (Å²) in [6.45, 7) is 4.70. The van der Waals surface area contributed by atoms with Crippen molar-refractivity contribution in [3.8, 4) is 5.75 Å². The number of carbonyl (C=O) groups is 1. The number of hydrogen-bond acceptors (Lipinski definition) is 4. The second-order valence-corrected chi connectivity index (χ2v) is 6.81. The van der Waals surface area contributed by atoms with Crippen LogP contribution in [0.1, 0.15) is 37.3 Å². The third kappa shape index (κ3) is 5.56. The lowest BCUT2D eigenvalue weighted by Crippen LogP contribution is -2.29. The largest absolute Gasteiger partial charge is 0.508 e. The number of amides is 2. The fraction of sp³-hybridized carbons (Fsp3) is 0.333. The average Bonchev–Trinajstić information content (AvgIpc) is 2.69. The average molecular weight is 366 g/mol. The van der Waals surface area contributed by atoms with E-state index in [-0.39, 0.29) is 0 Å². The number of nitrogens with one attached hydrogen (secondary N) is 2. The van der Waals surface area contributed by atoms with E-state index in [0.29, 0.717) is 17.1 Å². The Labute approximate surface area is 159 Å². The van der Waals surface area contributed by atoms with Crippen molar-refractivity contribution in [2.45, 2.75) is 32.7 Å². The number of phenolic OH excluding ortho intramolecular Hbond substituents is 1. The molecule has 3 N–H and O–H groups in total. The predicted molar refractivity (Wildman–Crippen MR) is 108 cm³/mol. The van der Waals surface area contributed by atoms with Crippen LogP contribution in [0, 0.1) is 0 Å². The molecule has 0 spiro atoms. The lowest BCUT2D eigenvalue weighted by molar-refractivity contribution is 0.218. The van der Waals surface area contributed by atoms with E-state index in [2.05, 4.69) is 20.7 Å². The smallest absolute Gasteiger partial charge is 0.339 e. The molecule has 0 bridgehead atoms. The summed E-state index contributed by atoms with van der Waals surface area (Å²) in [5.74, 6) is 0.298. The Hall–Kier alpha value is -2.86. The summed E-state index contributed by atoms with van der Waals surface area (Å²) in [5, 5.41) is 17.1. The summed E-state index contributed by atoms with van der Waals surface area (Å²) < 4.78 is 0. The van der Waals surface area contributed by atoms with Gasteiger partial charge in [0.15, 0.2) is 0 Å². The lowest BCUT2D eigenvalue weighted by atomic mass is 10.0. The third-order valence-electron chi connectivity index (χ3n) is 4.70. The van der Waals surface area contributed by atoms with Crippen molar-refractivity contribution in [1.82, 2.24) is 10.3 Å². The molecule has 1 saturated heterocycles. The number of para-hydroxylation sites is 1. The molecule has 3 rings (SSSR count). The summed E-state index contributed by atoms with van der Waals surface area (Å²) >= 11 is 0. The van der Waals surface area contributed by atoms with Gasteiger partial charge in [-0.05, 0) is 68.8 Å². The number of carbonyl (C=O) groups excluding carboxylic acids is 1. The highest BCUT2D eigenvalue weighted by atomic mass is 16.3. The van der Waals surface area contributed by atoms with Crippen molar-refractivity contribution in [2.75, 3.05) is 18.4 Å². The minimum atomic E-state index is -0.395. The molecule has 0 unspecified atom stereocenters. The molecule has 0 saturated carbocycles. The van der Waals surface area contributed by atoms with Crippen LogP contribution in [0.3, 0.4) is 0 Å². The number of hydrogen-bond donors (Lipinski definition) is 3. The van der Waals surface area contributed by atoms with E-state index in [1.165, 1.54) is 19.3 Å². The maximum Gasteiger partial charge on any atom is 0.339 e. The van der Waals surface area contributed by atoms with E-state index in [4.69, 9.17) is 0 Å². The van der Waals surface area contributed by atoms with Gasteiger partial charge in [-0.2, -0.15) is 5.10 Å². The predicted octanol–water partition coefficient (Wildman–Crippen LogP) is 3.92. The zero-order valence-electron chi connectivity index (χ0n) is 15.6. The molecular weight excluding hydrogens is 340 g/mol. The molecule has 0 aromatic heterocycles. The molecule has 0 radical (unpaired) electrons. The Balaban J connectivity index is 1.63. The quantitative estimate of drug-likeness (QED) is 0.554. The fourth-order valence-electron chi connectivity index (χ4n) is 3.18. The van der Waals surface area contributed by atoms with Gasteiger partial charge in [-0.1, -0.05) is 24.6 Å². The molecule has 142 valence electrons. The molecule has 6 nitrogen and oxygen atoms in total. The summed E-state index contributed by atoms with van der Waals surface area (Å²) in [6.07, 6.45) is 3.70. The number of urea groups is 1. The van der Waals surface area contributed by atoms with Crippen molar-refractivity contribution >= 4 is 17.4 Å². The van der Waals surface area contributed by atoms with Crippen LogP contribution in [-0.2, 0) is 6.54 Å². The molecule has 2 aromatic carbocycles.